The van der Waals surface area contributed by atoms with Crippen LogP contribution in [0.1, 0.15) is 29.0 Å². The van der Waals surface area contributed by atoms with Crippen molar-refractivity contribution in [3.8, 4) is 11.5 Å². The number of hydrogen-bond acceptors (Lipinski definition) is 6. The lowest BCUT2D eigenvalue weighted by molar-refractivity contribution is -0.132. The molecule has 0 aliphatic carbocycles. The van der Waals surface area contributed by atoms with Crippen LogP contribution in [0.4, 0.5) is 0 Å². The maximum atomic E-state index is 12.9. The Kier molecular flexibility index (Phi) is 5.85. The number of benzene rings is 1. The Balaban J connectivity index is 1.27. The quantitative estimate of drug-likeness (QED) is 0.697. The number of ether oxygens (including phenoxy) is 2. The molecule has 3 heterocycles. The molecule has 0 saturated carbocycles. The first kappa shape index (κ1) is 19.5. The predicted molar refractivity (Wildman–Crippen MR) is 106 cm³/mol. The minimum atomic E-state index is -0.0234. The Bertz CT molecular complexity index is 856. The average molecular weight is 398 g/mol. The van der Waals surface area contributed by atoms with Crippen LogP contribution in [-0.4, -0.2) is 61.4 Å². The highest BCUT2D eigenvalue weighted by atomic mass is 16.6. The maximum Gasteiger partial charge on any atom is 0.236 e. The number of hydrogen-bond donors (Lipinski definition) is 0. The molecule has 0 bridgehead atoms. The highest BCUT2D eigenvalue weighted by molar-refractivity contribution is 5.98. The minimum absolute atomic E-state index is 0.0234. The second-order valence-corrected chi connectivity index (χ2v) is 7.60. The number of carbonyl (C=O) groups excluding carboxylic acids is 2. The maximum absolute atomic E-state index is 12.9. The molecule has 2 aliphatic heterocycles. The second-order valence-electron chi connectivity index (χ2n) is 7.60. The van der Waals surface area contributed by atoms with E-state index in [1.807, 2.05) is 24.3 Å². The fraction of sp³-hybridized carbons (Fsp3) is 0.455. The van der Waals surface area contributed by atoms with Crippen molar-refractivity contribution in [1.82, 2.24) is 9.80 Å². The molecular weight excluding hydrogens is 372 g/mol. The Morgan fingerprint density at radius 1 is 1.10 bits per heavy atom. The van der Waals surface area contributed by atoms with Crippen LogP contribution in [0.15, 0.2) is 41.0 Å². The first-order valence-electron chi connectivity index (χ1n) is 10.0. The average Bonchev–Trinajstić information content (AvgIpc) is 3.26. The lowest BCUT2D eigenvalue weighted by atomic mass is 9.88. The van der Waals surface area contributed by atoms with E-state index in [4.69, 9.17) is 13.9 Å². The Labute approximate surface area is 170 Å². The lowest BCUT2D eigenvalue weighted by Crippen LogP contribution is -2.43. The molecule has 0 radical (unpaired) electrons. The van der Waals surface area contributed by atoms with Crippen LogP contribution in [0, 0.1) is 5.92 Å². The SMILES string of the molecule is CN(Cc1ccco1)C(=O)CN1CCC(C(=O)c2ccc3c(c2)OCCO3)CC1. The Morgan fingerprint density at radius 2 is 1.86 bits per heavy atom. The third-order valence-electron chi connectivity index (χ3n) is 5.54. The van der Waals surface area contributed by atoms with Crippen LogP contribution < -0.4 is 9.47 Å². The van der Waals surface area contributed by atoms with E-state index in [0.717, 1.165) is 31.7 Å². The van der Waals surface area contributed by atoms with Gasteiger partial charge < -0.3 is 18.8 Å². The van der Waals surface area contributed by atoms with Gasteiger partial charge in [0.25, 0.3) is 0 Å². The van der Waals surface area contributed by atoms with Gasteiger partial charge in [-0.2, -0.15) is 0 Å². The zero-order valence-corrected chi connectivity index (χ0v) is 16.6. The van der Waals surface area contributed by atoms with Gasteiger partial charge in [-0.25, -0.2) is 0 Å². The van der Waals surface area contributed by atoms with Gasteiger partial charge in [-0.05, 0) is 56.3 Å². The van der Waals surface area contributed by atoms with Crippen LogP contribution >= 0.6 is 0 Å². The van der Waals surface area contributed by atoms with Crippen LogP contribution in [0.25, 0.3) is 0 Å². The molecule has 1 aromatic carbocycles. The number of fused-ring (bicyclic) bond motifs is 1. The van der Waals surface area contributed by atoms with Gasteiger partial charge >= 0.3 is 0 Å². The van der Waals surface area contributed by atoms with Gasteiger partial charge in [-0.15, -0.1) is 0 Å². The topological polar surface area (TPSA) is 72.2 Å². The van der Waals surface area contributed by atoms with E-state index < -0.39 is 0 Å². The van der Waals surface area contributed by atoms with Crippen molar-refractivity contribution in [2.24, 2.45) is 5.92 Å². The third-order valence-corrected chi connectivity index (χ3v) is 5.54. The number of piperidine rings is 1. The normalized spacial score (nSPS) is 17.1. The zero-order chi connectivity index (χ0) is 20.2. The smallest absolute Gasteiger partial charge is 0.236 e. The summed E-state index contributed by atoms with van der Waals surface area (Å²) in [5.41, 5.74) is 0.668. The molecule has 4 rings (SSSR count). The van der Waals surface area contributed by atoms with Crippen molar-refractivity contribution < 1.29 is 23.5 Å². The molecule has 0 unspecified atom stereocenters. The number of carbonyl (C=O) groups is 2. The summed E-state index contributed by atoms with van der Waals surface area (Å²) >= 11 is 0. The van der Waals surface area contributed by atoms with Crippen molar-refractivity contribution in [3.05, 3.63) is 47.9 Å². The molecule has 1 saturated heterocycles. The van der Waals surface area contributed by atoms with Crippen LogP contribution in [0.3, 0.4) is 0 Å². The number of ketones is 1. The molecule has 2 aromatic rings. The predicted octanol–water partition coefficient (Wildman–Crippen LogP) is 2.60. The summed E-state index contributed by atoms with van der Waals surface area (Å²) in [7, 11) is 1.78. The summed E-state index contributed by atoms with van der Waals surface area (Å²) in [6.45, 7) is 3.34. The number of rotatable bonds is 6. The Morgan fingerprint density at radius 3 is 2.59 bits per heavy atom. The molecule has 1 aromatic heterocycles. The number of likely N-dealkylation sites (N-methyl/N-ethyl adjacent to an activating group) is 1. The minimum Gasteiger partial charge on any atom is -0.486 e. The van der Waals surface area contributed by atoms with E-state index in [9.17, 15) is 9.59 Å². The highest BCUT2D eigenvalue weighted by Gasteiger charge is 2.28. The molecule has 0 N–H and O–H groups in total. The monoisotopic (exact) mass is 398 g/mol. The molecule has 154 valence electrons. The third kappa shape index (κ3) is 4.62. The van der Waals surface area contributed by atoms with Gasteiger partial charge in [0.15, 0.2) is 17.3 Å². The van der Waals surface area contributed by atoms with Crippen molar-refractivity contribution in [2.45, 2.75) is 19.4 Å². The second kappa shape index (κ2) is 8.69. The molecule has 7 nitrogen and oxygen atoms in total. The summed E-state index contributed by atoms with van der Waals surface area (Å²) < 4.78 is 16.4. The molecule has 0 atom stereocenters. The van der Waals surface area contributed by atoms with Crippen LogP contribution in [-0.2, 0) is 11.3 Å². The van der Waals surface area contributed by atoms with E-state index in [1.165, 1.54) is 0 Å². The largest absolute Gasteiger partial charge is 0.486 e. The number of likely N-dealkylation sites (tertiary alicyclic amines) is 1. The molecule has 7 heteroatoms. The summed E-state index contributed by atoms with van der Waals surface area (Å²) in [4.78, 5) is 29.2. The van der Waals surface area contributed by atoms with E-state index in [1.54, 1.807) is 24.3 Å². The van der Waals surface area contributed by atoms with Gasteiger partial charge in [-0.1, -0.05) is 0 Å². The first-order chi connectivity index (χ1) is 14.1. The summed E-state index contributed by atoms with van der Waals surface area (Å²) in [5, 5.41) is 0. The molecule has 0 spiro atoms. The Hall–Kier alpha value is -2.80. The molecule has 2 aliphatic rings. The molecule has 29 heavy (non-hydrogen) atoms. The van der Waals surface area contributed by atoms with Gasteiger partial charge in [0.05, 0.1) is 19.4 Å². The number of furan rings is 1. The fourth-order valence-corrected chi connectivity index (χ4v) is 3.82. The number of amides is 1. The van der Waals surface area contributed by atoms with Crippen molar-refractivity contribution in [3.63, 3.8) is 0 Å². The van der Waals surface area contributed by atoms with E-state index in [-0.39, 0.29) is 17.6 Å². The summed E-state index contributed by atoms with van der Waals surface area (Å²) in [6, 6.07) is 9.09. The standard InChI is InChI=1S/C22H26N2O5/c1-23(14-18-3-2-10-27-18)21(25)15-24-8-6-16(7-9-24)22(26)17-4-5-19-20(13-17)29-12-11-28-19/h2-5,10,13,16H,6-9,11-12,14-15H2,1H3. The van der Waals surface area contributed by atoms with Gasteiger partial charge in [0, 0.05) is 18.5 Å². The van der Waals surface area contributed by atoms with Crippen molar-refractivity contribution in [2.75, 3.05) is 39.9 Å². The van der Waals surface area contributed by atoms with Crippen molar-refractivity contribution in [1.29, 1.82) is 0 Å². The molecule has 1 fully saturated rings. The van der Waals surface area contributed by atoms with Gasteiger partial charge in [0.2, 0.25) is 5.91 Å². The zero-order valence-electron chi connectivity index (χ0n) is 16.6. The fourth-order valence-electron chi connectivity index (χ4n) is 3.82. The number of nitrogens with zero attached hydrogens (tertiary/aromatic N) is 2. The van der Waals surface area contributed by atoms with Crippen LogP contribution in [0.2, 0.25) is 0 Å². The number of Topliss-reactive ketones (excluding diaryl/α,β-unsaturated/α-hetero) is 1. The van der Waals surface area contributed by atoms with Crippen molar-refractivity contribution >= 4 is 11.7 Å². The highest BCUT2D eigenvalue weighted by Crippen LogP contribution is 2.32. The van der Waals surface area contributed by atoms with Crippen LogP contribution in [0.5, 0.6) is 11.5 Å². The van der Waals surface area contributed by atoms with E-state index in [2.05, 4.69) is 4.90 Å². The molecular formula is C22H26N2O5. The molecule has 1 amide bonds. The van der Waals surface area contributed by atoms with Gasteiger partial charge in [0.1, 0.15) is 19.0 Å². The summed E-state index contributed by atoms with van der Waals surface area (Å²) in [6.07, 6.45) is 3.11. The summed E-state index contributed by atoms with van der Waals surface area (Å²) in [5.74, 6) is 2.28. The van der Waals surface area contributed by atoms with Gasteiger partial charge in [-0.3, -0.25) is 14.5 Å². The first-order valence-corrected chi connectivity index (χ1v) is 10.0. The van der Waals surface area contributed by atoms with E-state index >= 15 is 0 Å². The lowest BCUT2D eigenvalue weighted by Gasteiger charge is -2.32. The van der Waals surface area contributed by atoms with E-state index in [0.29, 0.717) is 43.4 Å².